The van der Waals surface area contributed by atoms with Crippen molar-refractivity contribution in [3.05, 3.63) is 52.1 Å². The summed E-state index contributed by atoms with van der Waals surface area (Å²) in [7, 11) is -1.79. The van der Waals surface area contributed by atoms with Gasteiger partial charge >= 0.3 is 21.7 Å². The first-order valence-electron chi connectivity index (χ1n) is 8.43. The summed E-state index contributed by atoms with van der Waals surface area (Å²) >= 11 is 0. The molecule has 0 heterocycles. The van der Waals surface area contributed by atoms with E-state index < -0.39 is 8.07 Å². The van der Waals surface area contributed by atoms with Crippen LogP contribution in [0.15, 0.2) is 34.9 Å². The Labute approximate surface area is 195 Å². The van der Waals surface area contributed by atoms with Crippen LogP contribution >= 0.6 is 0 Å². The molecule has 0 saturated heterocycles. The predicted molar refractivity (Wildman–Crippen MR) is 101 cm³/mol. The minimum absolute atomic E-state index is 0. The van der Waals surface area contributed by atoms with Crippen LogP contribution in [0.2, 0.25) is 17.1 Å². The Morgan fingerprint density at radius 1 is 0.885 bits per heavy atom. The molecule has 5 heteroatoms. The fourth-order valence-corrected chi connectivity index (χ4v) is 9.08. The molecule has 1 aliphatic carbocycles. The monoisotopic (exact) mass is 464 g/mol. The molecule has 1 aromatic rings. The standard InChI is InChI=1S/C21H31Si.3ClH.Ti/c1-14(2)22(9,20-11-15(3)10-16(4)12-20)21(8)13-17(5)18(6)19(21)7;;;;/h10-12,14H,1-9H3;3*1H;/q-1;;;;+4/p-3. The molecule has 1 aromatic carbocycles. The van der Waals surface area contributed by atoms with E-state index in [-0.39, 0.29) is 64.0 Å². The Hall–Kier alpha value is 0.501. The van der Waals surface area contributed by atoms with Gasteiger partial charge in [0.05, 0.1) is 8.07 Å². The first-order chi connectivity index (χ1) is 10.0. The first kappa shape index (κ1) is 31.2. The van der Waals surface area contributed by atoms with Gasteiger partial charge in [0.1, 0.15) is 0 Å². The van der Waals surface area contributed by atoms with Crippen LogP contribution < -0.4 is 42.4 Å². The summed E-state index contributed by atoms with van der Waals surface area (Å²) in [5, 5.41) is 1.67. The van der Waals surface area contributed by atoms with Crippen molar-refractivity contribution in [2.24, 2.45) is 0 Å². The van der Waals surface area contributed by atoms with Gasteiger partial charge in [0.2, 0.25) is 0 Å². The van der Waals surface area contributed by atoms with Gasteiger partial charge in [0, 0.05) is 0 Å². The van der Waals surface area contributed by atoms with Crippen molar-refractivity contribution in [2.75, 3.05) is 0 Å². The molecule has 0 bridgehead atoms. The minimum Gasteiger partial charge on any atom is -1.00 e. The largest absolute Gasteiger partial charge is 4.00 e. The first-order valence-corrected chi connectivity index (χ1v) is 11.0. The van der Waals surface area contributed by atoms with E-state index in [4.69, 9.17) is 0 Å². The smallest absolute Gasteiger partial charge is 1.00 e. The van der Waals surface area contributed by atoms with E-state index >= 15 is 0 Å². The predicted octanol–water partition coefficient (Wildman–Crippen LogP) is -3.13. The molecule has 0 amide bonds. The van der Waals surface area contributed by atoms with Crippen LogP contribution in [0.3, 0.4) is 0 Å². The summed E-state index contributed by atoms with van der Waals surface area (Å²) in [5.41, 5.74) is 7.77. The van der Waals surface area contributed by atoms with Gasteiger partial charge in [0.25, 0.3) is 0 Å². The van der Waals surface area contributed by atoms with Gasteiger partial charge in [-0.2, -0.15) is 11.1 Å². The van der Waals surface area contributed by atoms with Gasteiger partial charge in [-0.3, -0.25) is 6.08 Å². The zero-order valence-corrected chi connectivity index (χ0v) is 22.3. The molecular weight excluding hydrogens is 435 g/mol. The summed E-state index contributed by atoms with van der Waals surface area (Å²) in [5.74, 6) is 0. The molecule has 0 aliphatic heterocycles. The number of aryl methyl sites for hydroxylation is 2. The maximum absolute atomic E-state index is 3.89. The zero-order valence-electron chi connectivity index (χ0n) is 17.4. The van der Waals surface area contributed by atoms with Gasteiger partial charge in [-0.15, -0.1) is 6.92 Å². The number of benzene rings is 1. The molecule has 2 atom stereocenters. The Kier molecular flexibility index (Phi) is 13.1. The topological polar surface area (TPSA) is 0 Å². The average Bonchev–Trinajstić information content (AvgIpc) is 2.61. The Morgan fingerprint density at radius 3 is 1.62 bits per heavy atom. The van der Waals surface area contributed by atoms with Crippen LogP contribution in [0, 0.1) is 19.9 Å². The maximum atomic E-state index is 3.89. The molecule has 144 valence electrons. The molecule has 0 aromatic heterocycles. The van der Waals surface area contributed by atoms with E-state index in [0.717, 1.165) is 0 Å². The van der Waals surface area contributed by atoms with Gasteiger partial charge in [0.15, 0.2) is 0 Å². The Bertz CT molecular complexity index is 662. The molecule has 0 radical (unpaired) electrons. The molecule has 0 spiro atoms. The van der Waals surface area contributed by atoms with Gasteiger partial charge < -0.3 is 37.2 Å². The molecule has 26 heavy (non-hydrogen) atoms. The second kappa shape index (κ2) is 10.9. The average molecular weight is 466 g/mol. The van der Waals surface area contributed by atoms with Crippen LogP contribution in [0.5, 0.6) is 0 Å². The third kappa shape index (κ3) is 4.91. The normalized spacial score (nSPS) is 20.9. The number of allylic oxidation sites excluding steroid dienone is 4. The molecule has 0 saturated carbocycles. The molecule has 0 nitrogen and oxygen atoms in total. The number of hydrogen-bond donors (Lipinski definition) is 0. The van der Waals surface area contributed by atoms with E-state index in [0.29, 0.717) is 5.54 Å². The van der Waals surface area contributed by atoms with Crippen molar-refractivity contribution in [3.8, 4) is 0 Å². The van der Waals surface area contributed by atoms with E-state index in [9.17, 15) is 0 Å². The van der Waals surface area contributed by atoms with E-state index in [2.05, 4.69) is 86.2 Å². The number of halogens is 3. The van der Waals surface area contributed by atoms with Gasteiger partial charge in [-0.25, -0.2) is 5.57 Å². The van der Waals surface area contributed by atoms with Crippen LogP contribution in [0.25, 0.3) is 0 Å². The van der Waals surface area contributed by atoms with Crippen molar-refractivity contribution in [1.82, 2.24) is 0 Å². The molecule has 2 rings (SSSR count). The van der Waals surface area contributed by atoms with Crippen LogP contribution in [0.4, 0.5) is 0 Å². The van der Waals surface area contributed by atoms with Crippen LogP contribution in [-0.2, 0) is 21.7 Å². The zero-order chi connectivity index (χ0) is 16.9. The third-order valence-electron chi connectivity index (χ3n) is 6.33. The van der Waals surface area contributed by atoms with Crippen molar-refractivity contribution in [2.45, 2.75) is 72.5 Å². The number of hydrogen-bond acceptors (Lipinski definition) is 0. The molecule has 1 aliphatic rings. The third-order valence-corrected chi connectivity index (χ3v) is 12.7. The summed E-state index contributed by atoms with van der Waals surface area (Å²) < 4.78 is 0. The fraction of sp³-hybridized carbons (Fsp3) is 0.524. The fourth-order valence-electron chi connectivity index (χ4n) is 4.21. The van der Waals surface area contributed by atoms with Crippen molar-refractivity contribution in [3.63, 3.8) is 0 Å². The molecule has 0 fully saturated rings. The van der Waals surface area contributed by atoms with Crippen LogP contribution in [-0.4, -0.2) is 8.07 Å². The van der Waals surface area contributed by atoms with E-state index in [1.165, 1.54) is 27.8 Å². The van der Waals surface area contributed by atoms with Gasteiger partial charge in [-0.05, 0) is 19.4 Å². The SMILES string of the molecule is CC1=[C-]C(C)([Si](C)(c2cc(C)cc(C)c2)C(C)C)C(C)=C1C.[Cl-].[Cl-].[Cl-].[Ti+4]. The van der Waals surface area contributed by atoms with E-state index in [1.54, 1.807) is 5.19 Å². The summed E-state index contributed by atoms with van der Waals surface area (Å²) in [6.45, 7) is 21.1. The Balaban J connectivity index is -0.00000132. The maximum Gasteiger partial charge on any atom is 4.00 e. The Morgan fingerprint density at radius 2 is 1.31 bits per heavy atom. The summed E-state index contributed by atoms with van der Waals surface area (Å²) in [6.07, 6.45) is 3.89. The summed E-state index contributed by atoms with van der Waals surface area (Å²) in [4.78, 5) is 0. The molecule has 0 N–H and O–H groups in total. The second-order valence-electron chi connectivity index (χ2n) is 7.86. The van der Waals surface area contributed by atoms with E-state index in [1.807, 2.05) is 0 Å². The van der Waals surface area contributed by atoms with Crippen LogP contribution in [0.1, 0.15) is 52.7 Å². The quantitative estimate of drug-likeness (QED) is 0.327. The van der Waals surface area contributed by atoms with Crippen molar-refractivity contribution >= 4 is 13.3 Å². The second-order valence-corrected chi connectivity index (χ2v) is 13.0. The van der Waals surface area contributed by atoms with Gasteiger partial charge in [-0.1, -0.05) is 80.7 Å². The van der Waals surface area contributed by atoms with Crippen molar-refractivity contribution < 1.29 is 58.9 Å². The summed E-state index contributed by atoms with van der Waals surface area (Å²) in [6, 6.07) is 7.15. The molecule has 2 unspecified atom stereocenters. The number of rotatable bonds is 3. The minimum atomic E-state index is -1.79. The van der Waals surface area contributed by atoms with Crippen molar-refractivity contribution in [1.29, 1.82) is 0 Å². The molecular formula is C21H31Cl3SiTi.